The molecule has 2 aromatic rings. The average molecular weight is 407 g/mol. The molecule has 3 rings (SSSR count). The van der Waals surface area contributed by atoms with Crippen molar-refractivity contribution < 1.29 is 22.6 Å². The van der Waals surface area contributed by atoms with Crippen LogP contribution in [0.15, 0.2) is 41.3 Å². The molecule has 0 bridgehead atoms. The SMILES string of the molecule is CCOC1CN(Cc2ccccc2OC)Cc2cc(OC)c(S(N)(=O)=O)cc21. The van der Waals surface area contributed by atoms with Gasteiger partial charge in [-0.2, -0.15) is 0 Å². The zero-order valence-electron chi connectivity index (χ0n) is 16.3. The minimum atomic E-state index is -3.90. The average Bonchev–Trinajstić information content (AvgIpc) is 2.67. The summed E-state index contributed by atoms with van der Waals surface area (Å²) in [5.74, 6) is 1.08. The van der Waals surface area contributed by atoms with Crippen LogP contribution >= 0.6 is 0 Å². The molecule has 0 radical (unpaired) electrons. The van der Waals surface area contributed by atoms with Crippen molar-refractivity contribution >= 4 is 10.0 Å². The smallest absolute Gasteiger partial charge is 0.241 e. The van der Waals surface area contributed by atoms with E-state index in [1.807, 2.05) is 31.2 Å². The molecule has 1 atom stereocenters. The van der Waals surface area contributed by atoms with Crippen molar-refractivity contribution in [3.63, 3.8) is 0 Å². The summed E-state index contributed by atoms with van der Waals surface area (Å²) in [6, 6.07) is 11.2. The van der Waals surface area contributed by atoms with Crippen molar-refractivity contribution in [2.45, 2.75) is 31.0 Å². The number of rotatable bonds is 7. The first-order chi connectivity index (χ1) is 13.4. The molecule has 0 saturated carbocycles. The highest BCUT2D eigenvalue weighted by Gasteiger charge is 2.29. The van der Waals surface area contributed by atoms with Crippen molar-refractivity contribution in [2.75, 3.05) is 27.4 Å². The summed E-state index contributed by atoms with van der Waals surface area (Å²) >= 11 is 0. The van der Waals surface area contributed by atoms with Crippen LogP contribution in [0.3, 0.4) is 0 Å². The topological polar surface area (TPSA) is 91.1 Å². The lowest BCUT2D eigenvalue weighted by Crippen LogP contribution is -2.34. The number of para-hydroxylation sites is 1. The summed E-state index contributed by atoms with van der Waals surface area (Å²) in [6.07, 6.45) is -0.255. The van der Waals surface area contributed by atoms with Crippen LogP contribution in [0.4, 0.5) is 0 Å². The lowest BCUT2D eigenvalue weighted by atomic mass is 9.96. The molecular weight excluding hydrogens is 380 g/mol. The standard InChI is InChI=1S/C20H26N2O5S/c1-4-27-19-13-22(11-14-7-5-6-8-17(14)25-2)12-15-9-18(26-3)20(10-16(15)19)28(21,23)24/h5-10,19H,4,11-13H2,1-3H3,(H2,21,23,24). The molecule has 1 unspecified atom stereocenters. The molecule has 2 aromatic carbocycles. The van der Waals surface area contributed by atoms with Gasteiger partial charge in [0.05, 0.1) is 20.3 Å². The number of sulfonamides is 1. The predicted octanol–water partition coefficient (Wildman–Crippen LogP) is 2.44. The van der Waals surface area contributed by atoms with Crippen LogP contribution in [-0.2, 0) is 27.8 Å². The summed E-state index contributed by atoms with van der Waals surface area (Å²) in [5, 5.41) is 5.37. The molecule has 7 nitrogen and oxygen atoms in total. The Kier molecular flexibility index (Phi) is 6.24. The Morgan fingerprint density at radius 3 is 2.50 bits per heavy atom. The molecule has 0 amide bonds. The van der Waals surface area contributed by atoms with Gasteiger partial charge in [0.1, 0.15) is 16.4 Å². The highest BCUT2D eigenvalue weighted by molar-refractivity contribution is 7.89. The Morgan fingerprint density at radius 2 is 1.86 bits per heavy atom. The third-order valence-corrected chi connectivity index (χ3v) is 5.78. The fraction of sp³-hybridized carbons (Fsp3) is 0.400. The highest BCUT2D eigenvalue weighted by atomic mass is 32.2. The van der Waals surface area contributed by atoms with E-state index in [4.69, 9.17) is 19.3 Å². The third-order valence-electron chi connectivity index (χ3n) is 4.85. The maximum Gasteiger partial charge on any atom is 0.241 e. The maximum atomic E-state index is 12.0. The van der Waals surface area contributed by atoms with Crippen LogP contribution in [-0.4, -0.2) is 40.7 Å². The molecule has 0 aliphatic carbocycles. The number of methoxy groups -OCH3 is 2. The van der Waals surface area contributed by atoms with E-state index >= 15 is 0 Å². The van der Waals surface area contributed by atoms with Crippen molar-refractivity contribution in [1.82, 2.24) is 4.90 Å². The van der Waals surface area contributed by atoms with Crippen LogP contribution < -0.4 is 14.6 Å². The Morgan fingerprint density at radius 1 is 1.14 bits per heavy atom. The van der Waals surface area contributed by atoms with E-state index in [0.717, 1.165) is 22.4 Å². The second kappa shape index (κ2) is 8.48. The van der Waals surface area contributed by atoms with E-state index < -0.39 is 10.0 Å². The highest BCUT2D eigenvalue weighted by Crippen LogP contribution is 2.36. The maximum absolute atomic E-state index is 12.0. The van der Waals surface area contributed by atoms with Gasteiger partial charge < -0.3 is 14.2 Å². The van der Waals surface area contributed by atoms with Gasteiger partial charge in [0.15, 0.2) is 0 Å². The van der Waals surface area contributed by atoms with Crippen molar-refractivity contribution in [2.24, 2.45) is 5.14 Å². The van der Waals surface area contributed by atoms with Crippen LogP contribution in [0, 0.1) is 0 Å². The van der Waals surface area contributed by atoms with Gasteiger partial charge >= 0.3 is 0 Å². The van der Waals surface area contributed by atoms with E-state index in [9.17, 15) is 8.42 Å². The van der Waals surface area contributed by atoms with Crippen LogP contribution in [0.25, 0.3) is 0 Å². The van der Waals surface area contributed by atoms with E-state index in [1.54, 1.807) is 19.2 Å². The van der Waals surface area contributed by atoms with Crippen molar-refractivity contribution in [1.29, 1.82) is 0 Å². The number of hydrogen-bond acceptors (Lipinski definition) is 6. The molecule has 1 heterocycles. The van der Waals surface area contributed by atoms with E-state index in [2.05, 4.69) is 4.90 Å². The lowest BCUT2D eigenvalue weighted by molar-refractivity contribution is 0.0170. The monoisotopic (exact) mass is 406 g/mol. The number of nitrogens with zero attached hydrogens (tertiary/aromatic N) is 1. The van der Waals surface area contributed by atoms with Crippen LogP contribution in [0.1, 0.15) is 29.7 Å². The third kappa shape index (κ3) is 4.30. The minimum absolute atomic E-state index is 0.0170. The molecule has 0 spiro atoms. The summed E-state index contributed by atoms with van der Waals surface area (Å²) < 4.78 is 40.6. The molecule has 1 aliphatic heterocycles. The summed E-state index contributed by atoms with van der Waals surface area (Å²) in [6.45, 7) is 4.39. The first-order valence-corrected chi connectivity index (χ1v) is 10.6. The molecule has 2 N–H and O–H groups in total. The number of primary sulfonamides is 1. The molecular formula is C20H26N2O5S. The van der Waals surface area contributed by atoms with Gasteiger partial charge in [0.25, 0.3) is 0 Å². The van der Waals surface area contributed by atoms with Crippen molar-refractivity contribution in [3.05, 3.63) is 53.1 Å². The fourth-order valence-electron chi connectivity index (χ4n) is 3.61. The zero-order chi connectivity index (χ0) is 20.3. The second-order valence-electron chi connectivity index (χ2n) is 6.67. The van der Waals surface area contributed by atoms with E-state index in [-0.39, 0.29) is 16.7 Å². The zero-order valence-corrected chi connectivity index (χ0v) is 17.2. The molecule has 0 fully saturated rings. The number of hydrogen-bond donors (Lipinski definition) is 1. The normalized spacial score (nSPS) is 17.2. The minimum Gasteiger partial charge on any atom is -0.496 e. The van der Waals surface area contributed by atoms with E-state index in [1.165, 1.54) is 7.11 Å². The van der Waals surface area contributed by atoms with Gasteiger partial charge in [-0.3, -0.25) is 4.90 Å². The summed E-state index contributed by atoms with van der Waals surface area (Å²) in [7, 11) is -0.803. The summed E-state index contributed by atoms with van der Waals surface area (Å²) in [4.78, 5) is 2.23. The molecule has 28 heavy (non-hydrogen) atoms. The van der Waals surface area contributed by atoms with Gasteiger partial charge in [-0.25, -0.2) is 13.6 Å². The molecule has 8 heteroatoms. The number of fused-ring (bicyclic) bond motifs is 1. The van der Waals surface area contributed by atoms with Crippen LogP contribution in [0.5, 0.6) is 11.5 Å². The Hall–Kier alpha value is -2.13. The van der Waals surface area contributed by atoms with Crippen molar-refractivity contribution in [3.8, 4) is 11.5 Å². The summed E-state index contributed by atoms with van der Waals surface area (Å²) in [5.41, 5.74) is 2.88. The Labute approximate surface area is 166 Å². The fourth-order valence-corrected chi connectivity index (χ4v) is 4.33. The molecule has 152 valence electrons. The van der Waals surface area contributed by atoms with Gasteiger partial charge in [-0.15, -0.1) is 0 Å². The Balaban J connectivity index is 1.98. The second-order valence-corrected chi connectivity index (χ2v) is 8.20. The predicted molar refractivity (Wildman–Crippen MR) is 106 cm³/mol. The largest absolute Gasteiger partial charge is 0.496 e. The Bertz CT molecular complexity index is 946. The first-order valence-electron chi connectivity index (χ1n) is 9.06. The molecule has 0 saturated heterocycles. The van der Waals surface area contributed by atoms with Gasteiger partial charge in [0, 0.05) is 31.8 Å². The lowest BCUT2D eigenvalue weighted by Gasteiger charge is -2.35. The first kappa shape index (κ1) is 20.6. The van der Waals surface area contributed by atoms with Gasteiger partial charge in [-0.1, -0.05) is 18.2 Å². The quantitative estimate of drug-likeness (QED) is 0.759. The number of nitrogens with two attached hydrogens (primary N) is 1. The van der Waals surface area contributed by atoms with E-state index in [0.29, 0.717) is 26.2 Å². The van der Waals surface area contributed by atoms with Crippen LogP contribution in [0.2, 0.25) is 0 Å². The van der Waals surface area contributed by atoms with Gasteiger partial charge in [0.2, 0.25) is 10.0 Å². The molecule has 1 aliphatic rings. The number of benzene rings is 2. The number of ether oxygens (including phenoxy) is 3. The molecule has 0 aromatic heterocycles. The van der Waals surface area contributed by atoms with Gasteiger partial charge in [-0.05, 0) is 36.2 Å².